The lowest BCUT2D eigenvalue weighted by Crippen LogP contribution is -2.24. The number of hydrazone groups is 1. The van der Waals surface area contributed by atoms with Crippen LogP contribution in [0.1, 0.15) is 24.5 Å². The average Bonchev–Trinajstić information content (AvgIpc) is 2.83. The highest BCUT2D eigenvalue weighted by Crippen LogP contribution is 2.37. The number of anilines is 1. The number of hydrogen-bond donors (Lipinski definition) is 2. The van der Waals surface area contributed by atoms with Crippen molar-refractivity contribution in [3.05, 3.63) is 84.2 Å². The maximum atomic E-state index is 12.1. The van der Waals surface area contributed by atoms with E-state index in [1.54, 1.807) is 48.5 Å². The highest BCUT2D eigenvalue weighted by atomic mass is 79.9. The molecule has 3 aromatic carbocycles. The first-order chi connectivity index (χ1) is 17.7. The van der Waals surface area contributed by atoms with Gasteiger partial charge in [-0.15, -0.1) is 0 Å². The molecule has 194 valence electrons. The summed E-state index contributed by atoms with van der Waals surface area (Å²) < 4.78 is 12.3. The van der Waals surface area contributed by atoms with Gasteiger partial charge < -0.3 is 14.8 Å². The number of rotatable bonds is 10. The lowest BCUT2D eigenvalue weighted by atomic mass is 10.2. The van der Waals surface area contributed by atoms with Gasteiger partial charge in [-0.3, -0.25) is 9.59 Å². The molecule has 0 heterocycles. The van der Waals surface area contributed by atoms with Gasteiger partial charge in [0.25, 0.3) is 0 Å². The van der Waals surface area contributed by atoms with Crippen LogP contribution in [-0.2, 0) is 16.2 Å². The number of carbonyl (C=O) groups excluding carboxylic acids is 2. The van der Waals surface area contributed by atoms with E-state index in [0.29, 0.717) is 43.9 Å². The van der Waals surface area contributed by atoms with Crippen molar-refractivity contribution in [2.75, 3.05) is 11.9 Å². The second kappa shape index (κ2) is 13.9. The van der Waals surface area contributed by atoms with E-state index in [2.05, 4.69) is 31.8 Å². The third-order valence-electron chi connectivity index (χ3n) is 4.67. The normalized spacial score (nSPS) is 10.9. The molecule has 0 bridgehead atoms. The fourth-order valence-corrected chi connectivity index (χ4v) is 4.40. The summed E-state index contributed by atoms with van der Waals surface area (Å²) in [6.45, 7) is 2.44. The smallest absolute Gasteiger partial charge is 0.249 e. The summed E-state index contributed by atoms with van der Waals surface area (Å²) in [7, 11) is 0. The lowest BCUT2D eigenvalue weighted by molar-refractivity contribution is -0.126. The zero-order valence-corrected chi connectivity index (χ0v) is 23.9. The summed E-state index contributed by atoms with van der Waals surface area (Å²) in [4.78, 5) is 24.3. The molecule has 0 spiro atoms. The van der Waals surface area contributed by atoms with Gasteiger partial charge in [0.05, 0.1) is 33.0 Å². The van der Waals surface area contributed by atoms with Crippen LogP contribution in [0.4, 0.5) is 5.69 Å². The van der Waals surface area contributed by atoms with Crippen molar-refractivity contribution in [3.8, 4) is 11.5 Å². The number of carbonyl (C=O) groups is 2. The Labute approximate surface area is 242 Å². The zero-order chi connectivity index (χ0) is 26.9. The van der Waals surface area contributed by atoms with Crippen molar-refractivity contribution in [1.29, 1.82) is 0 Å². The van der Waals surface area contributed by atoms with Crippen molar-refractivity contribution < 1.29 is 19.1 Å². The standard InChI is InChI=1S/C25H20BrCl4N3O4/c1-2-36-21-9-14(8-17(26)25(21)37-13-15-6-7-16(27)10-19(15)29)12-31-33-23(35)11-22(34)32-20-5-3-4-18(28)24(20)30/h3-10,12H,2,11,13H2,1H3,(H,32,34)(H,33,35). The monoisotopic (exact) mass is 645 g/mol. The molecular weight excluding hydrogens is 628 g/mol. The van der Waals surface area contributed by atoms with Crippen LogP contribution in [0.5, 0.6) is 11.5 Å². The molecule has 0 aliphatic carbocycles. The van der Waals surface area contributed by atoms with Crippen molar-refractivity contribution in [1.82, 2.24) is 5.43 Å². The minimum absolute atomic E-state index is 0.190. The summed E-state index contributed by atoms with van der Waals surface area (Å²) in [6, 6.07) is 13.4. The Balaban J connectivity index is 1.62. The molecule has 7 nitrogen and oxygen atoms in total. The second-order valence-corrected chi connectivity index (χ2v) is 9.89. The van der Waals surface area contributed by atoms with E-state index in [1.165, 1.54) is 6.21 Å². The van der Waals surface area contributed by atoms with E-state index in [9.17, 15) is 9.59 Å². The van der Waals surface area contributed by atoms with Gasteiger partial charge in [0, 0.05) is 15.6 Å². The molecule has 12 heteroatoms. The molecule has 0 unspecified atom stereocenters. The van der Waals surface area contributed by atoms with E-state index >= 15 is 0 Å². The molecule has 37 heavy (non-hydrogen) atoms. The maximum Gasteiger partial charge on any atom is 0.249 e. The number of hydrogen-bond acceptors (Lipinski definition) is 5. The maximum absolute atomic E-state index is 12.1. The van der Waals surface area contributed by atoms with Gasteiger partial charge in [0.1, 0.15) is 13.0 Å². The van der Waals surface area contributed by atoms with Crippen LogP contribution < -0.4 is 20.2 Å². The van der Waals surface area contributed by atoms with Crippen LogP contribution in [-0.4, -0.2) is 24.6 Å². The SMILES string of the molecule is CCOc1cc(C=NNC(=O)CC(=O)Nc2cccc(Cl)c2Cl)cc(Br)c1OCc1ccc(Cl)cc1Cl. The molecular formula is C25H20BrCl4N3O4. The largest absolute Gasteiger partial charge is 0.490 e. The number of nitrogens with zero attached hydrogens (tertiary/aromatic N) is 1. The van der Waals surface area contributed by atoms with Crippen LogP contribution in [0.3, 0.4) is 0 Å². The fraction of sp³-hybridized carbons (Fsp3) is 0.160. The Bertz CT molecular complexity index is 1340. The van der Waals surface area contributed by atoms with Crippen LogP contribution in [0.2, 0.25) is 20.1 Å². The molecule has 0 aromatic heterocycles. The Morgan fingerprint density at radius 1 is 1.00 bits per heavy atom. The van der Waals surface area contributed by atoms with Crippen molar-refractivity contribution in [2.45, 2.75) is 20.0 Å². The van der Waals surface area contributed by atoms with Crippen molar-refractivity contribution in [2.24, 2.45) is 5.10 Å². The molecule has 0 atom stereocenters. The van der Waals surface area contributed by atoms with Gasteiger partial charge >= 0.3 is 0 Å². The van der Waals surface area contributed by atoms with Crippen molar-refractivity contribution >= 4 is 86.1 Å². The number of benzene rings is 3. The van der Waals surface area contributed by atoms with Crippen LogP contribution >= 0.6 is 62.3 Å². The number of ether oxygens (including phenoxy) is 2. The highest BCUT2D eigenvalue weighted by molar-refractivity contribution is 9.10. The number of nitrogens with one attached hydrogen (secondary N) is 2. The molecule has 0 aliphatic heterocycles. The Kier molecular flexibility index (Phi) is 10.9. The van der Waals surface area contributed by atoms with Gasteiger partial charge in [-0.25, -0.2) is 5.43 Å². The Hall–Kier alpha value is -2.49. The molecule has 2 N–H and O–H groups in total. The topological polar surface area (TPSA) is 89.0 Å². The van der Waals surface area contributed by atoms with Gasteiger partial charge in [0.15, 0.2) is 11.5 Å². The molecule has 0 aliphatic rings. The highest BCUT2D eigenvalue weighted by Gasteiger charge is 2.14. The molecule has 0 saturated heterocycles. The van der Waals surface area contributed by atoms with E-state index in [0.717, 1.165) is 5.56 Å². The zero-order valence-electron chi connectivity index (χ0n) is 19.3. The van der Waals surface area contributed by atoms with Gasteiger partial charge in [0.2, 0.25) is 11.8 Å². The Morgan fingerprint density at radius 3 is 2.51 bits per heavy atom. The first kappa shape index (κ1) is 29.1. The first-order valence-electron chi connectivity index (χ1n) is 10.8. The third kappa shape index (κ3) is 8.51. The van der Waals surface area contributed by atoms with E-state index in [-0.39, 0.29) is 16.7 Å². The lowest BCUT2D eigenvalue weighted by Gasteiger charge is -2.15. The minimum Gasteiger partial charge on any atom is -0.490 e. The summed E-state index contributed by atoms with van der Waals surface area (Å²) in [5.74, 6) is -0.241. The molecule has 3 aromatic rings. The van der Waals surface area contributed by atoms with E-state index in [1.807, 2.05) is 6.92 Å². The second-order valence-electron chi connectivity index (χ2n) is 7.41. The minimum atomic E-state index is -0.615. The van der Waals surface area contributed by atoms with Crippen LogP contribution in [0, 0.1) is 0 Å². The molecule has 0 radical (unpaired) electrons. The predicted molar refractivity (Wildman–Crippen MR) is 152 cm³/mol. The number of amides is 2. The van der Waals surface area contributed by atoms with Gasteiger partial charge in [-0.1, -0.05) is 58.5 Å². The van der Waals surface area contributed by atoms with Crippen LogP contribution in [0.15, 0.2) is 58.1 Å². The summed E-state index contributed by atoms with van der Waals surface area (Å²) >= 11 is 27.6. The molecule has 0 fully saturated rings. The molecule has 3 rings (SSSR count). The average molecular weight is 648 g/mol. The van der Waals surface area contributed by atoms with Crippen molar-refractivity contribution in [3.63, 3.8) is 0 Å². The van der Waals surface area contributed by atoms with Crippen LogP contribution in [0.25, 0.3) is 0 Å². The number of halogens is 5. The van der Waals surface area contributed by atoms with E-state index < -0.39 is 18.2 Å². The quantitative estimate of drug-likeness (QED) is 0.135. The molecule has 2 amide bonds. The fourth-order valence-electron chi connectivity index (χ4n) is 3.01. The summed E-state index contributed by atoms with van der Waals surface area (Å²) in [6.07, 6.45) is 0.949. The van der Waals surface area contributed by atoms with Gasteiger partial charge in [-0.2, -0.15) is 5.10 Å². The van der Waals surface area contributed by atoms with E-state index in [4.69, 9.17) is 55.9 Å². The predicted octanol–water partition coefficient (Wildman–Crippen LogP) is 7.52. The Morgan fingerprint density at radius 2 is 1.78 bits per heavy atom. The molecule has 0 saturated carbocycles. The van der Waals surface area contributed by atoms with Gasteiger partial charge in [-0.05, 0) is 64.8 Å². The summed E-state index contributed by atoms with van der Waals surface area (Å²) in [5.41, 5.74) is 4.00. The first-order valence-corrected chi connectivity index (χ1v) is 13.1. The third-order valence-corrected chi connectivity index (χ3v) is 6.66. The summed E-state index contributed by atoms with van der Waals surface area (Å²) in [5, 5.41) is 7.96.